The van der Waals surface area contributed by atoms with Gasteiger partial charge in [0, 0.05) is 179 Å². The normalized spacial score (nSPS) is 25.2. The third-order valence-corrected chi connectivity index (χ3v) is 38.8. The van der Waals surface area contributed by atoms with Crippen molar-refractivity contribution in [3.05, 3.63) is 263 Å². The Hall–Kier alpha value is -11.2. The first-order valence-electron chi connectivity index (χ1n) is 46.7. The number of carbonyl (C=O) groups is 4. The topological polar surface area (TPSA) is 404 Å². The summed E-state index contributed by atoms with van der Waals surface area (Å²) in [6.45, 7) is 9.13. The Bertz CT molecular complexity index is 7590. The summed E-state index contributed by atoms with van der Waals surface area (Å²) in [5, 5.41) is 7.29. The van der Waals surface area contributed by atoms with Crippen LogP contribution in [0.4, 0.5) is 43.9 Å². The van der Waals surface area contributed by atoms with Crippen LogP contribution < -0.4 is 18.9 Å². The summed E-state index contributed by atoms with van der Waals surface area (Å²) in [6, 6.07) is 7.97. The van der Waals surface area contributed by atoms with Gasteiger partial charge in [-0.25, -0.2) is 156 Å². The fraction of sp³-hybridized carbons (Fsp3) is 0.411. The van der Waals surface area contributed by atoms with E-state index in [-0.39, 0.29) is 133 Å². The average molecular weight is 2190 g/mol. The molecular weight excluding hydrogens is 2100 g/mol. The maximum Gasteiger partial charge on any atom is 0.339 e. The van der Waals surface area contributed by atoms with Crippen molar-refractivity contribution in [1.82, 2.24) is 58.4 Å². The fourth-order valence-corrected chi connectivity index (χ4v) is 29.8. The molecule has 4 saturated carbocycles. The fourth-order valence-electron chi connectivity index (χ4n) is 20.6. The molecule has 8 aliphatic heterocycles. The third kappa shape index (κ3) is 18.0. The van der Waals surface area contributed by atoms with Crippen LogP contribution in [-0.2, 0) is 100 Å². The van der Waals surface area contributed by atoms with Gasteiger partial charge in [0.15, 0.2) is 95.5 Å². The van der Waals surface area contributed by atoms with Crippen molar-refractivity contribution >= 4 is 156 Å². The second-order valence-electron chi connectivity index (χ2n) is 36.9. The Balaban J connectivity index is 0.000000118. The molecule has 4 aromatic carbocycles. The zero-order valence-electron chi connectivity index (χ0n) is 77.8. The predicted octanol–water partition coefficient (Wildman–Crippen LogP) is 13.8. The first-order chi connectivity index (χ1) is 69.6. The van der Waals surface area contributed by atoms with Crippen molar-refractivity contribution < 1.29 is 116 Å². The SMILES string of the molecule is CCOC(=O)C1=C2C[C@H](NS(=O)(=O)C3CC3)CN2C(c2nccs2)=NC12C(F)=C(F)c1c2ccc(F)c1F.CCOC(=O)C1=C2C[C@H](NS(=O)(=O)C3CC3)CN2C(c2nccs2)=NC12C=Cc1c2ccc(F)c1F.CCOC(=O)C1=C2C[C@H](NS(=O)(=O)C3CC3)CN2C(c2nccs2)=NC12CC(F)c1c2ccc(F)c1F.CCOC(=O)C1=C2C[C@H](NS(=O)(=O)C3CC3)CN2C(c2nccs2)=N[C@@]1(C)c1ccc(F)cc1Cl. The van der Waals surface area contributed by atoms with Crippen LogP contribution in [0.1, 0.15) is 183 Å². The first-order valence-corrected chi connectivity index (χ1v) is 56.8. The maximum absolute atomic E-state index is 16.1. The lowest BCUT2D eigenvalue weighted by atomic mass is 9.81. The second kappa shape index (κ2) is 38.8. The van der Waals surface area contributed by atoms with Crippen molar-refractivity contribution in [2.24, 2.45) is 20.0 Å². The van der Waals surface area contributed by atoms with E-state index in [0.29, 0.717) is 118 Å². The Labute approximate surface area is 851 Å². The molecule has 15 aliphatic rings. The molecule has 9 atom stereocenters. The molecule has 4 unspecified atom stereocenters. The third-order valence-electron chi connectivity index (χ3n) is 27.3. The van der Waals surface area contributed by atoms with Gasteiger partial charge in [-0.15, -0.1) is 45.3 Å². The van der Waals surface area contributed by atoms with E-state index in [0.717, 1.165) is 29.5 Å². The highest BCUT2D eigenvalue weighted by Gasteiger charge is 2.63. The van der Waals surface area contributed by atoms with Crippen molar-refractivity contribution in [2.45, 2.75) is 192 Å². The monoisotopic (exact) mass is 2190 g/mol. The largest absolute Gasteiger partial charge is 0.463 e. The molecular formula is C95H89ClF10N16O16S8. The Kier molecular flexibility index (Phi) is 27.1. The number of rotatable bonds is 25. The Morgan fingerprint density at radius 1 is 0.438 bits per heavy atom. The van der Waals surface area contributed by atoms with E-state index in [2.05, 4.69) is 43.8 Å². The maximum atomic E-state index is 16.1. The summed E-state index contributed by atoms with van der Waals surface area (Å²) in [5.74, 6) is -13.1. The van der Waals surface area contributed by atoms with E-state index < -0.39 is 213 Å². The summed E-state index contributed by atoms with van der Waals surface area (Å²) in [5.41, 5.74) is -6.36. The lowest BCUT2D eigenvalue weighted by molar-refractivity contribution is -0.140. The number of fused-ring (bicyclic) bond motifs is 10. The smallest absolute Gasteiger partial charge is 0.339 e. The number of thiazole rings is 4. The molecule has 8 aromatic rings. The quantitative estimate of drug-likeness (QED) is 0.0234. The average Bonchev–Trinajstić information content (AvgIpc) is 1.33. The van der Waals surface area contributed by atoms with Crippen LogP contribution in [0.2, 0.25) is 5.02 Å². The molecule has 51 heteroatoms. The van der Waals surface area contributed by atoms with Crippen LogP contribution in [0.25, 0.3) is 11.9 Å². The lowest BCUT2D eigenvalue weighted by Gasteiger charge is -2.38. The molecule has 0 amide bonds. The molecule has 3 spiro atoms. The molecule has 4 aromatic heterocycles. The van der Waals surface area contributed by atoms with Gasteiger partial charge in [0.2, 0.25) is 40.1 Å². The first kappa shape index (κ1) is 102. The van der Waals surface area contributed by atoms with Gasteiger partial charge < -0.3 is 38.5 Å². The predicted molar refractivity (Wildman–Crippen MR) is 520 cm³/mol. The van der Waals surface area contributed by atoms with Crippen molar-refractivity contribution in [3.63, 3.8) is 0 Å². The summed E-state index contributed by atoms with van der Waals surface area (Å²) < 4.78 is 281. The van der Waals surface area contributed by atoms with Crippen LogP contribution in [0.5, 0.6) is 0 Å². The zero-order valence-corrected chi connectivity index (χ0v) is 85.1. The van der Waals surface area contributed by atoms with Gasteiger partial charge in [-0.3, -0.25) is 0 Å². The number of esters is 4. The highest BCUT2D eigenvalue weighted by Crippen LogP contribution is 2.61. The Morgan fingerprint density at radius 3 is 1.23 bits per heavy atom. The van der Waals surface area contributed by atoms with E-state index in [1.807, 2.05) is 10.3 Å². The molecule has 8 fully saturated rings. The number of sulfonamides is 4. The van der Waals surface area contributed by atoms with Crippen molar-refractivity contribution in [1.29, 1.82) is 0 Å². The second-order valence-corrected chi connectivity index (χ2v) is 48.8. The van der Waals surface area contributed by atoms with Crippen LogP contribution in [0.15, 0.2) is 178 Å². The van der Waals surface area contributed by atoms with Gasteiger partial charge in [-0.05, 0) is 134 Å². The molecule has 0 bridgehead atoms. The summed E-state index contributed by atoms with van der Waals surface area (Å²) in [4.78, 5) is 97.2. The van der Waals surface area contributed by atoms with Crippen molar-refractivity contribution in [2.75, 3.05) is 52.6 Å². The summed E-state index contributed by atoms with van der Waals surface area (Å²) in [6.07, 6.45) is 12.3. The minimum atomic E-state index is -3.64. The molecule has 12 heterocycles. The number of amidine groups is 4. The van der Waals surface area contributed by atoms with Crippen molar-refractivity contribution in [3.8, 4) is 0 Å². The van der Waals surface area contributed by atoms with Crippen LogP contribution >= 0.6 is 56.9 Å². The van der Waals surface area contributed by atoms with Crippen LogP contribution in [-0.4, -0.2) is 218 Å². The van der Waals surface area contributed by atoms with E-state index in [1.54, 1.807) is 78.3 Å². The minimum absolute atomic E-state index is 0.00943. The standard InChI is InChI=1S/C24H20F4N4O4S2.C24H23F3N4O4S2.C24H22F2N4O4S2.C23H24ClFN4O4S2/c1-2-36-23(33)17-15-9-11(31-38(34,35)12-3-4-12)10-32(15)21(22-29-7-8-37-22)30-24(17)13-5-6-14(25)18(26)16(13)19(27)20(24)28;1-2-35-23(32)19-17-9-12(30-37(33,34)13-3-4-13)11-31(17)21(22-28-7-8-36-22)29-24(19)10-16(26)18-14(24)5-6-15(25)20(18)27;1-2-34-23(31)19-18-11-13(29-36(32,33)14-3-4-14)12-30(18)21(22-27-9-10-35-22)28-24(19)8-7-15-16(24)5-6-17(25)20(15)26;1-3-33-22(30)19-18-11-14(28-35(31,32)15-5-6-15)12-29(18)20(21-26-8-9-34-21)27-23(19,2)16-7-4-13(25)10-17(16)24/h5-8,11-12,31H,2-4,9-10H2,1H3;5-8,12-13,16,30H,2-4,9-11H2,1H3;5-10,13-14,29H,2-4,11-12H2,1H3;4,7-10,14-15,28H,3,5-6,11-12H2,1-2H3/t11-,24?;12-,16?,24?;13-,24?;14-,23-/m0000/s1. The van der Waals surface area contributed by atoms with Crippen LogP contribution in [0, 0.1) is 40.7 Å². The number of ether oxygens (including phenoxy) is 4. The number of nitrogens with one attached hydrogen (secondary N) is 4. The molecule has 4 saturated heterocycles. The number of hydrogen-bond acceptors (Lipinski definition) is 32. The number of aromatic nitrogens is 4. The number of alkyl halides is 1. The molecule has 32 nitrogen and oxygen atoms in total. The molecule has 7 aliphatic carbocycles. The highest BCUT2D eigenvalue weighted by atomic mass is 35.5. The number of hydrogen-bond donors (Lipinski definition) is 4. The van der Waals surface area contributed by atoms with Gasteiger partial charge in [-0.1, -0.05) is 41.9 Å². The minimum Gasteiger partial charge on any atom is -0.463 e. The van der Waals surface area contributed by atoms with Gasteiger partial charge in [0.1, 0.15) is 28.6 Å². The Morgan fingerprint density at radius 2 is 0.801 bits per heavy atom. The molecule has 146 heavy (non-hydrogen) atoms. The molecule has 770 valence electrons. The van der Waals surface area contributed by atoms with Gasteiger partial charge >= 0.3 is 23.9 Å². The number of aliphatic imine (C=N–C) groups is 4. The van der Waals surface area contributed by atoms with E-state index in [4.69, 9.17) is 45.5 Å². The van der Waals surface area contributed by atoms with Gasteiger partial charge in [0.25, 0.3) is 0 Å². The van der Waals surface area contributed by atoms with E-state index >= 15 is 13.2 Å². The number of benzene rings is 4. The van der Waals surface area contributed by atoms with E-state index in [1.165, 1.54) is 88.4 Å². The zero-order chi connectivity index (χ0) is 103. The van der Waals surface area contributed by atoms with Gasteiger partial charge in [0.05, 0.1) is 75.3 Å². The number of carbonyl (C=O) groups excluding carboxylic acids is 4. The number of halogens is 11. The van der Waals surface area contributed by atoms with Gasteiger partial charge in [-0.2, -0.15) is 0 Å². The molecule has 4 N–H and O–H groups in total. The molecule has 0 radical (unpaired) electrons. The lowest BCUT2D eigenvalue weighted by Crippen LogP contribution is -2.44. The number of nitrogens with zero attached hydrogens (tertiary/aromatic N) is 12. The summed E-state index contributed by atoms with van der Waals surface area (Å²) in [7, 11) is -14.1. The van der Waals surface area contributed by atoms with E-state index in [9.17, 15) is 83.6 Å². The van der Waals surface area contributed by atoms with Crippen LogP contribution in [0.3, 0.4) is 0 Å². The summed E-state index contributed by atoms with van der Waals surface area (Å²) >= 11 is 11.6. The highest BCUT2D eigenvalue weighted by molar-refractivity contribution is 7.91. The molecule has 23 rings (SSSR count).